The molecule has 2 heterocycles. The number of nitrogens with zero attached hydrogens (tertiary/aromatic N) is 1. The number of rotatable bonds is 4. The van der Waals surface area contributed by atoms with Gasteiger partial charge in [0, 0.05) is 19.7 Å². The van der Waals surface area contributed by atoms with E-state index < -0.39 is 10.0 Å². The van der Waals surface area contributed by atoms with Gasteiger partial charge in [-0.1, -0.05) is 12.1 Å². The summed E-state index contributed by atoms with van der Waals surface area (Å²) in [6.45, 7) is 1.72. The fourth-order valence-electron chi connectivity index (χ4n) is 3.30. The minimum absolute atomic E-state index is 0. The summed E-state index contributed by atoms with van der Waals surface area (Å²) in [7, 11) is -3.34. The number of halogens is 1. The van der Waals surface area contributed by atoms with Gasteiger partial charge in [-0.3, -0.25) is 4.31 Å². The molecule has 1 aromatic rings. The third-order valence-corrected chi connectivity index (χ3v) is 6.31. The predicted octanol–water partition coefficient (Wildman–Crippen LogP) is 2.22. The second-order valence-electron chi connectivity index (χ2n) is 6.11. The van der Waals surface area contributed by atoms with Crippen molar-refractivity contribution in [2.45, 2.75) is 44.8 Å². The molecule has 0 spiro atoms. The van der Waals surface area contributed by atoms with Crippen molar-refractivity contribution in [1.82, 2.24) is 0 Å². The molecule has 0 amide bonds. The molecule has 1 atom stereocenters. The van der Waals surface area contributed by atoms with E-state index in [9.17, 15) is 8.42 Å². The second-order valence-corrected chi connectivity index (χ2v) is 8.05. The van der Waals surface area contributed by atoms with Crippen LogP contribution in [0, 0.1) is 0 Å². The largest absolute Gasteiger partial charge is 0.377 e. The molecule has 1 aromatic carbocycles. The van der Waals surface area contributed by atoms with Crippen LogP contribution in [0.5, 0.6) is 0 Å². The minimum Gasteiger partial charge on any atom is -0.377 e. The van der Waals surface area contributed by atoms with Gasteiger partial charge in [0.05, 0.1) is 17.5 Å². The first-order chi connectivity index (χ1) is 10.6. The van der Waals surface area contributed by atoms with Crippen LogP contribution in [-0.4, -0.2) is 33.4 Å². The van der Waals surface area contributed by atoms with Crippen molar-refractivity contribution in [3.05, 3.63) is 29.3 Å². The number of nitrogens with two attached hydrogens (primary N) is 1. The summed E-state index contributed by atoms with van der Waals surface area (Å²) in [4.78, 5) is 0. The molecule has 0 aliphatic carbocycles. The van der Waals surface area contributed by atoms with Crippen LogP contribution in [0.25, 0.3) is 0 Å². The van der Waals surface area contributed by atoms with Gasteiger partial charge in [0.2, 0.25) is 10.0 Å². The van der Waals surface area contributed by atoms with Gasteiger partial charge >= 0.3 is 0 Å². The van der Waals surface area contributed by atoms with Crippen LogP contribution in [0.15, 0.2) is 18.2 Å². The lowest BCUT2D eigenvalue weighted by Crippen LogP contribution is -2.41. The van der Waals surface area contributed by atoms with Crippen molar-refractivity contribution in [3.63, 3.8) is 0 Å². The average molecular weight is 361 g/mol. The normalized spacial score (nSPS) is 21.4. The first-order valence-electron chi connectivity index (χ1n) is 8.04. The zero-order chi connectivity index (χ0) is 15.6. The summed E-state index contributed by atoms with van der Waals surface area (Å²) in [6, 6.07) is 5.86. The Labute approximate surface area is 144 Å². The molecular weight excluding hydrogens is 336 g/mol. The molecule has 0 aromatic heterocycles. The summed E-state index contributed by atoms with van der Waals surface area (Å²) in [6.07, 6.45) is 4.53. The molecule has 1 unspecified atom stereocenters. The summed E-state index contributed by atoms with van der Waals surface area (Å²) in [5.74, 6) is 0.0884. The van der Waals surface area contributed by atoms with Gasteiger partial charge in [-0.05, 0) is 49.3 Å². The Morgan fingerprint density at radius 2 is 2.09 bits per heavy atom. The van der Waals surface area contributed by atoms with Crippen LogP contribution in [-0.2, 0) is 27.7 Å². The number of ether oxygens (including phenoxy) is 1. The van der Waals surface area contributed by atoms with Gasteiger partial charge in [0.15, 0.2) is 0 Å². The number of anilines is 1. The molecule has 0 bridgehead atoms. The standard InChI is InChI=1S/C16H24N2O3S.ClH/c17-11-13-6-7-16-14(10-13)4-3-8-18(16)22(19,20)12-15-5-1-2-9-21-15;/h6-7,10,15H,1-5,8-9,11-12,17H2;1H. The molecule has 23 heavy (non-hydrogen) atoms. The average Bonchev–Trinajstić information content (AvgIpc) is 2.54. The van der Waals surface area contributed by atoms with Crippen molar-refractivity contribution in [1.29, 1.82) is 0 Å². The lowest BCUT2D eigenvalue weighted by molar-refractivity contribution is 0.0305. The molecule has 130 valence electrons. The smallest absolute Gasteiger partial charge is 0.237 e. The molecule has 1 saturated heterocycles. The summed E-state index contributed by atoms with van der Waals surface area (Å²) in [5.41, 5.74) is 8.63. The van der Waals surface area contributed by atoms with Gasteiger partial charge in [-0.15, -0.1) is 12.4 Å². The van der Waals surface area contributed by atoms with Gasteiger partial charge in [-0.25, -0.2) is 8.42 Å². The first kappa shape index (κ1) is 18.5. The number of hydrogen-bond acceptors (Lipinski definition) is 4. The second kappa shape index (κ2) is 7.83. The molecule has 1 fully saturated rings. The highest BCUT2D eigenvalue weighted by molar-refractivity contribution is 7.92. The minimum atomic E-state index is -3.34. The SMILES string of the molecule is Cl.NCc1ccc2c(c1)CCCN2S(=O)(=O)CC1CCCCO1. The Morgan fingerprint density at radius 3 is 2.78 bits per heavy atom. The zero-order valence-electron chi connectivity index (χ0n) is 13.2. The number of sulfonamides is 1. The van der Waals surface area contributed by atoms with Crippen LogP contribution >= 0.6 is 12.4 Å². The molecule has 2 aliphatic rings. The Kier molecular flexibility index (Phi) is 6.31. The van der Waals surface area contributed by atoms with Crippen LogP contribution in [0.3, 0.4) is 0 Å². The molecule has 0 radical (unpaired) electrons. The monoisotopic (exact) mass is 360 g/mol. The Morgan fingerprint density at radius 1 is 1.26 bits per heavy atom. The highest BCUT2D eigenvalue weighted by atomic mass is 35.5. The van der Waals surface area contributed by atoms with E-state index in [2.05, 4.69) is 0 Å². The van der Waals surface area contributed by atoms with Crippen molar-refractivity contribution in [3.8, 4) is 0 Å². The third-order valence-electron chi connectivity index (χ3n) is 4.46. The topological polar surface area (TPSA) is 72.6 Å². The Bertz CT molecular complexity index is 630. The molecule has 2 aliphatic heterocycles. The molecule has 5 nitrogen and oxygen atoms in total. The molecule has 2 N–H and O–H groups in total. The van der Waals surface area contributed by atoms with E-state index >= 15 is 0 Å². The third kappa shape index (κ3) is 4.18. The lowest BCUT2D eigenvalue weighted by Gasteiger charge is -2.32. The van der Waals surface area contributed by atoms with Gasteiger partial charge in [0.25, 0.3) is 0 Å². The summed E-state index contributed by atoms with van der Waals surface area (Å²) < 4.78 is 32.8. The highest BCUT2D eigenvalue weighted by Crippen LogP contribution is 2.31. The van der Waals surface area contributed by atoms with E-state index in [4.69, 9.17) is 10.5 Å². The van der Waals surface area contributed by atoms with Crippen molar-refractivity contribution < 1.29 is 13.2 Å². The molecule has 3 rings (SSSR count). The number of aryl methyl sites for hydroxylation is 1. The van der Waals surface area contributed by atoms with E-state index in [0.717, 1.165) is 48.9 Å². The summed E-state index contributed by atoms with van der Waals surface area (Å²) >= 11 is 0. The Balaban J connectivity index is 0.00000192. The summed E-state index contributed by atoms with van der Waals surface area (Å²) in [5, 5.41) is 0. The number of benzene rings is 1. The van der Waals surface area contributed by atoms with Crippen LogP contribution < -0.4 is 10.0 Å². The quantitative estimate of drug-likeness (QED) is 0.893. The van der Waals surface area contributed by atoms with E-state index in [1.165, 1.54) is 0 Å². The lowest BCUT2D eigenvalue weighted by atomic mass is 10.0. The Hall–Kier alpha value is -0.820. The van der Waals surface area contributed by atoms with Crippen molar-refractivity contribution in [2.24, 2.45) is 5.73 Å². The number of fused-ring (bicyclic) bond motifs is 1. The van der Waals surface area contributed by atoms with Gasteiger partial charge in [-0.2, -0.15) is 0 Å². The fraction of sp³-hybridized carbons (Fsp3) is 0.625. The van der Waals surface area contributed by atoms with E-state index in [-0.39, 0.29) is 24.3 Å². The highest BCUT2D eigenvalue weighted by Gasteiger charge is 2.31. The molecule has 7 heteroatoms. The van der Waals surface area contributed by atoms with Crippen LogP contribution in [0.2, 0.25) is 0 Å². The van der Waals surface area contributed by atoms with E-state index in [0.29, 0.717) is 19.7 Å². The van der Waals surface area contributed by atoms with E-state index in [1.54, 1.807) is 4.31 Å². The maximum Gasteiger partial charge on any atom is 0.237 e. The zero-order valence-corrected chi connectivity index (χ0v) is 14.9. The first-order valence-corrected chi connectivity index (χ1v) is 9.65. The van der Waals surface area contributed by atoms with Crippen molar-refractivity contribution in [2.75, 3.05) is 23.2 Å². The maximum atomic E-state index is 12.8. The molecule has 0 saturated carbocycles. The van der Waals surface area contributed by atoms with E-state index in [1.807, 2.05) is 18.2 Å². The van der Waals surface area contributed by atoms with Crippen LogP contribution in [0.4, 0.5) is 5.69 Å². The van der Waals surface area contributed by atoms with Gasteiger partial charge in [0.1, 0.15) is 0 Å². The van der Waals surface area contributed by atoms with Crippen molar-refractivity contribution >= 4 is 28.1 Å². The fourth-order valence-corrected chi connectivity index (χ4v) is 5.09. The maximum absolute atomic E-state index is 12.8. The van der Waals surface area contributed by atoms with Crippen LogP contribution in [0.1, 0.15) is 36.8 Å². The van der Waals surface area contributed by atoms with Gasteiger partial charge < -0.3 is 10.5 Å². The predicted molar refractivity (Wildman–Crippen MR) is 94.6 cm³/mol. The number of hydrogen-bond donors (Lipinski definition) is 1. The molecular formula is C16H25ClN2O3S.